The number of aromatic nitrogens is 2. The molecule has 6 heteroatoms. The van der Waals surface area contributed by atoms with E-state index in [1.165, 1.54) is 10.1 Å². The Morgan fingerprint density at radius 3 is 2.63 bits per heavy atom. The number of aryl methyl sites for hydroxylation is 2. The normalized spacial score (nSPS) is 20.0. The highest BCUT2D eigenvalue weighted by Gasteiger charge is 2.34. The number of aliphatic hydroxyl groups is 1. The molecule has 1 unspecified atom stereocenters. The van der Waals surface area contributed by atoms with Gasteiger partial charge in [-0.05, 0) is 50.7 Å². The lowest BCUT2D eigenvalue weighted by Gasteiger charge is -2.38. The fourth-order valence-electron chi connectivity index (χ4n) is 3.70. The van der Waals surface area contributed by atoms with Gasteiger partial charge in [-0.25, -0.2) is 4.79 Å². The predicted molar refractivity (Wildman–Crippen MR) is 103 cm³/mol. The molecule has 1 aliphatic carbocycles. The molecule has 2 aromatic rings. The zero-order valence-electron chi connectivity index (χ0n) is 15.9. The molecule has 0 bridgehead atoms. The maximum Gasteiger partial charge on any atom is 0.347 e. The predicted octanol–water partition coefficient (Wildman–Crippen LogP) is 1.75. The molecule has 1 saturated carbocycles. The van der Waals surface area contributed by atoms with Gasteiger partial charge in [0.1, 0.15) is 0 Å². The van der Waals surface area contributed by atoms with E-state index in [2.05, 4.69) is 22.4 Å². The molecule has 3 rings (SSSR count). The molecule has 1 amide bonds. The minimum Gasteiger partial charge on any atom is -0.393 e. The van der Waals surface area contributed by atoms with Gasteiger partial charge in [-0.15, -0.1) is 0 Å². The van der Waals surface area contributed by atoms with E-state index in [0.29, 0.717) is 12.2 Å². The Labute approximate surface area is 159 Å². The maximum atomic E-state index is 12.5. The van der Waals surface area contributed by atoms with E-state index in [-0.39, 0.29) is 36.1 Å². The van der Waals surface area contributed by atoms with E-state index in [1.54, 1.807) is 6.92 Å². The van der Waals surface area contributed by atoms with Crippen molar-refractivity contribution in [3.8, 4) is 0 Å². The molecule has 27 heavy (non-hydrogen) atoms. The van der Waals surface area contributed by atoms with Gasteiger partial charge in [-0.3, -0.25) is 9.36 Å². The summed E-state index contributed by atoms with van der Waals surface area (Å²) in [6.07, 6.45) is 2.15. The Morgan fingerprint density at radius 1 is 1.30 bits per heavy atom. The SMILES string of the molecule is Cc1cc(C)n(CCC(=O)NC(Cc2ccccc2)C2CC(O)C2)c(=O)n1. The Hall–Kier alpha value is -2.47. The molecule has 144 valence electrons. The highest BCUT2D eigenvalue weighted by atomic mass is 16.3. The van der Waals surface area contributed by atoms with Crippen LogP contribution in [0.5, 0.6) is 0 Å². The molecular formula is C21H27N3O3. The zero-order valence-corrected chi connectivity index (χ0v) is 15.9. The number of carbonyl (C=O) groups is 1. The van der Waals surface area contributed by atoms with Crippen molar-refractivity contribution in [2.45, 2.75) is 58.2 Å². The van der Waals surface area contributed by atoms with Crippen LogP contribution in [0.15, 0.2) is 41.2 Å². The molecule has 1 fully saturated rings. The molecule has 6 nitrogen and oxygen atoms in total. The molecule has 0 spiro atoms. The molecule has 1 atom stereocenters. The van der Waals surface area contributed by atoms with Gasteiger partial charge in [0.15, 0.2) is 0 Å². The van der Waals surface area contributed by atoms with Crippen LogP contribution in [0.4, 0.5) is 0 Å². The Bertz CT molecular complexity index is 841. The van der Waals surface area contributed by atoms with Gasteiger partial charge in [-0.1, -0.05) is 30.3 Å². The first-order chi connectivity index (χ1) is 12.9. The van der Waals surface area contributed by atoms with Gasteiger partial charge >= 0.3 is 5.69 Å². The minimum atomic E-state index is -0.316. The van der Waals surface area contributed by atoms with Crippen molar-refractivity contribution in [3.63, 3.8) is 0 Å². The molecule has 0 saturated heterocycles. The van der Waals surface area contributed by atoms with Crippen molar-refractivity contribution in [3.05, 3.63) is 63.8 Å². The lowest BCUT2D eigenvalue weighted by atomic mass is 9.75. The van der Waals surface area contributed by atoms with Crippen molar-refractivity contribution in [1.82, 2.24) is 14.9 Å². The van der Waals surface area contributed by atoms with E-state index < -0.39 is 0 Å². The average molecular weight is 369 g/mol. The smallest absolute Gasteiger partial charge is 0.347 e. The summed E-state index contributed by atoms with van der Waals surface area (Å²) in [4.78, 5) is 28.5. The summed E-state index contributed by atoms with van der Waals surface area (Å²) in [7, 11) is 0. The van der Waals surface area contributed by atoms with Gasteiger partial charge in [0.05, 0.1) is 6.10 Å². The third-order valence-corrected chi connectivity index (χ3v) is 5.27. The van der Waals surface area contributed by atoms with Crippen LogP contribution in [0.1, 0.15) is 36.2 Å². The number of hydrogen-bond donors (Lipinski definition) is 2. The molecule has 1 aliphatic rings. The number of rotatable bonds is 7. The number of nitrogens with one attached hydrogen (secondary N) is 1. The van der Waals surface area contributed by atoms with Crippen LogP contribution in [0, 0.1) is 19.8 Å². The van der Waals surface area contributed by atoms with Crippen LogP contribution in [0.2, 0.25) is 0 Å². The molecule has 0 aliphatic heterocycles. The van der Waals surface area contributed by atoms with E-state index in [0.717, 1.165) is 25.0 Å². The standard InChI is InChI=1S/C21H27N3O3/c1-14-10-15(2)24(21(27)22-14)9-8-20(26)23-19(17-12-18(25)13-17)11-16-6-4-3-5-7-16/h3-7,10,17-19,25H,8-9,11-13H2,1-2H3,(H,23,26). The van der Waals surface area contributed by atoms with E-state index in [9.17, 15) is 14.7 Å². The number of hydrogen-bond acceptors (Lipinski definition) is 4. The van der Waals surface area contributed by atoms with Gasteiger partial charge in [-0.2, -0.15) is 4.98 Å². The molecule has 0 radical (unpaired) electrons. The second-order valence-corrected chi connectivity index (χ2v) is 7.47. The summed E-state index contributed by atoms with van der Waals surface area (Å²) < 4.78 is 1.53. The number of benzene rings is 1. The Kier molecular flexibility index (Phi) is 6.06. The molecular weight excluding hydrogens is 342 g/mol. The van der Waals surface area contributed by atoms with Gasteiger partial charge in [0, 0.05) is 30.4 Å². The summed E-state index contributed by atoms with van der Waals surface area (Å²) in [5.74, 6) is 0.207. The van der Waals surface area contributed by atoms with Gasteiger partial charge < -0.3 is 10.4 Å². The highest BCUT2D eigenvalue weighted by molar-refractivity contribution is 5.76. The van der Waals surface area contributed by atoms with Crippen molar-refractivity contribution in [2.24, 2.45) is 5.92 Å². The number of amides is 1. The van der Waals surface area contributed by atoms with Gasteiger partial charge in [0.25, 0.3) is 0 Å². The third-order valence-electron chi connectivity index (χ3n) is 5.27. The van der Waals surface area contributed by atoms with Crippen molar-refractivity contribution in [1.29, 1.82) is 0 Å². The molecule has 1 heterocycles. The first-order valence-corrected chi connectivity index (χ1v) is 9.49. The summed E-state index contributed by atoms with van der Waals surface area (Å²) >= 11 is 0. The Morgan fingerprint density at radius 2 is 2.00 bits per heavy atom. The summed E-state index contributed by atoms with van der Waals surface area (Å²) in [5.41, 5.74) is 2.34. The lowest BCUT2D eigenvalue weighted by Crippen LogP contribution is -2.48. The Balaban J connectivity index is 1.61. The topological polar surface area (TPSA) is 84.2 Å². The number of aliphatic hydroxyl groups excluding tert-OH is 1. The van der Waals surface area contributed by atoms with Gasteiger partial charge in [0.2, 0.25) is 5.91 Å². The first-order valence-electron chi connectivity index (χ1n) is 9.49. The van der Waals surface area contributed by atoms with E-state index in [1.807, 2.05) is 31.2 Å². The average Bonchev–Trinajstić information content (AvgIpc) is 2.58. The van der Waals surface area contributed by atoms with Crippen LogP contribution in [-0.2, 0) is 17.8 Å². The van der Waals surface area contributed by atoms with Crippen LogP contribution in [0.3, 0.4) is 0 Å². The quantitative estimate of drug-likeness (QED) is 0.779. The largest absolute Gasteiger partial charge is 0.393 e. The molecule has 1 aromatic carbocycles. The second kappa shape index (κ2) is 8.48. The zero-order chi connectivity index (χ0) is 19.4. The van der Waals surface area contributed by atoms with E-state index in [4.69, 9.17) is 0 Å². The van der Waals surface area contributed by atoms with Crippen LogP contribution >= 0.6 is 0 Å². The maximum absolute atomic E-state index is 12.5. The summed E-state index contributed by atoms with van der Waals surface area (Å²) in [5, 5.41) is 12.8. The van der Waals surface area contributed by atoms with Crippen molar-refractivity contribution in [2.75, 3.05) is 0 Å². The second-order valence-electron chi connectivity index (χ2n) is 7.47. The third kappa shape index (κ3) is 5.04. The first kappa shape index (κ1) is 19.3. The monoisotopic (exact) mass is 369 g/mol. The highest BCUT2D eigenvalue weighted by Crippen LogP contribution is 2.31. The van der Waals surface area contributed by atoms with Crippen LogP contribution in [0.25, 0.3) is 0 Å². The summed E-state index contributed by atoms with van der Waals surface area (Å²) in [6.45, 7) is 3.95. The van der Waals surface area contributed by atoms with Crippen molar-refractivity contribution < 1.29 is 9.90 Å². The molecule has 2 N–H and O–H groups in total. The van der Waals surface area contributed by atoms with E-state index >= 15 is 0 Å². The molecule has 1 aromatic heterocycles. The lowest BCUT2D eigenvalue weighted by molar-refractivity contribution is -0.123. The van der Waals surface area contributed by atoms with Crippen LogP contribution in [-0.4, -0.2) is 32.7 Å². The van der Waals surface area contributed by atoms with Crippen molar-refractivity contribution >= 4 is 5.91 Å². The number of nitrogens with zero attached hydrogens (tertiary/aromatic N) is 2. The fraction of sp³-hybridized carbons (Fsp3) is 0.476. The fourth-order valence-corrected chi connectivity index (χ4v) is 3.70. The minimum absolute atomic E-state index is 0.00254. The van der Waals surface area contributed by atoms with Crippen LogP contribution < -0.4 is 11.0 Å². The summed E-state index contributed by atoms with van der Waals surface area (Å²) in [6, 6.07) is 11.9. The number of carbonyl (C=O) groups excluding carboxylic acids is 1.